The minimum absolute atomic E-state index is 0.756. The molecule has 1 aliphatic heterocycles. The van der Waals surface area contributed by atoms with Gasteiger partial charge in [-0.15, -0.1) is 0 Å². The van der Waals surface area contributed by atoms with Crippen molar-refractivity contribution in [3.05, 3.63) is 0 Å². The highest BCUT2D eigenvalue weighted by Crippen LogP contribution is 2.10. The fourth-order valence-electron chi connectivity index (χ4n) is 1.81. The Kier molecular flexibility index (Phi) is 6.15. The van der Waals surface area contributed by atoms with Crippen molar-refractivity contribution in [1.82, 2.24) is 10.2 Å². The summed E-state index contributed by atoms with van der Waals surface area (Å²) < 4.78 is 5.32. The van der Waals surface area contributed by atoms with Crippen LogP contribution >= 0.6 is 0 Å². The Morgan fingerprint density at radius 2 is 2.29 bits per heavy atom. The molecule has 1 rings (SSSR count). The summed E-state index contributed by atoms with van der Waals surface area (Å²) in [5.41, 5.74) is 0. The number of hydrogen-bond donors (Lipinski definition) is 1. The first-order chi connectivity index (χ1) is 6.83. The molecule has 0 aromatic heterocycles. The van der Waals surface area contributed by atoms with E-state index in [1.165, 1.54) is 19.4 Å². The summed E-state index contributed by atoms with van der Waals surface area (Å²) in [4.78, 5) is 2.37. The molecule has 0 spiro atoms. The van der Waals surface area contributed by atoms with E-state index in [4.69, 9.17) is 4.74 Å². The zero-order valence-electron chi connectivity index (χ0n) is 9.59. The van der Waals surface area contributed by atoms with Gasteiger partial charge in [-0.3, -0.25) is 0 Å². The van der Waals surface area contributed by atoms with Gasteiger partial charge >= 0.3 is 0 Å². The van der Waals surface area contributed by atoms with Gasteiger partial charge in [-0.25, -0.2) is 0 Å². The number of rotatable bonds is 7. The summed E-state index contributed by atoms with van der Waals surface area (Å²) in [5.74, 6) is 0.756. The third kappa shape index (κ3) is 4.94. The lowest BCUT2D eigenvalue weighted by Crippen LogP contribution is -2.32. The Morgan fingerprint density at radius 3 is 2.93 bits per heavy atom. The average Bonchev–Trinajstić information content (AvgIpc) is 2.65. The second-order valence-electron chi connectivity index (χ2n) is 4.24. The summed E-state index contributed by atoms with van der Waals surface area (Å²) in [5, 5.41) is 3.49. The lowest BCUT2D eigenvalue weighted by atomic mass is 10.1. The molecule has 1 saturated heterocycles. The van der Waals surface area contributed by atoms with Gasteiger partial charge in [0.05, 0.1) is 6.61 Å². The van der Waals surface area contributed by atoms with Crippen molar-refractivity contribution in [3.8, 4) is 0 Å². The van der Waals surface area contributed by atoms with Gasteiger partial charge < -0.3 is 15.0 Å². The largest absolute Gasteiger partial charge is 0.381 e. The Labute approximate surface area is 87.8 Å². The van der Waals surface area contributed by atoms with E-state index in [0.29, 0.717) is 0 Å². The number of nitrogens with zero attached hydrogens (tertiary/aromatic N) is 1. The minimum atomic E-state index is 0.756. The molecule has 84 valence electrons. The minimum Gasteiger partial charge on any atom is -0.381 e. The predicted octanol–water partition coefficient (Wildman–Crippen LogP) is 0.954. The number of ether oxygens (including phenoxy) is 1. The molecule has 0 bridgehead atoms. The zero-order chi connectivity index (χ0) is 10.2. The molecule has 1 N–H and O–H groups in total. The topological polar surface area (TPSA) is 24.5 Å². The maximum Gasteiger partial charge on any atom is 0.0507 e. The number of nitrogens with one attached hydrogen (secondary N) is 1. The molecule has 0 saturated carbocycles. The molecule has 14 heavy (non-hydrogen) atoms. The summed E-state index contributed by atoms with van der Waals surface area (Å²) in [6, 6.07) is 0. The molecule has 3 heteroatoms. The molecule has 1 atom stereocenters. The van der Waals surface area contributed by atoms with Gasteiger partial charge in [-0.1, -0.05) is 6.92 Å². The van der Waals surface area contributed by atoms with Crippen LogP contribution in [-0.2, 0) is 4.74 Å². The van der Waals surface area contributed by atoms with E-state index >= 15 is 0 Å². The van der Waals surface area contributed by atoms with Gasteiger partial charge in [0.1, 0.15) is 0 Å². The second-order valence-corrected chi connectivity index (χ2v) is 4.24. The summed E-state index contributed by atoms with van der Waals surface area (Å²) in [6.45, 7) is 8.72. The third-order valence-corrected chi connectivity index (χ3v) is 2.73. The van der Waals surface area contributed by atoms with E-state index in [1.807, 2.05) is 0 Å². The van der Waals surface area contributed by atoms with E-state index < -0.39 is 0 Å². The zero-order valence-corrected chi connectivity index (χ0v) is 9.59. The Hall–Kier alpha value is -0.120. The van der Waals surface area contributed by atoms with Crippen LogP contribution in [0.25, 0.3) is 0 Å². The van der Waals surface area contributed by atoms with Crippen LogP contribution < -0.4 is 5.32 Å². The number of hydrogen-bond acceptors (Lipinski definition) is 3. The average molecular weight is 200 g/mol. The van der Waals surface area contributed by atoms with E-state index in [2.05, 4.69) is 24.2 Å². The van der Waals surface area contributed by atoms with Crippen molar-refractivity contribution >= 4 is 0 Å². The Balaban J connectivity index is 1.88. The van der Waals surface area contributed by atoms with Crippen LogP contribution in [0.15, 0.2) is 0 Å². The maximum atomic E-state index is 5.32. The monoisotopic (exact) mass is 200 g/mol. The van der Waals surface area contributed by atoms with Crippen LogP contribution in [0.2, 0.25) is 0 Å². The Morgan fingerprint density at radius 1 is 1.43 bits per heavy atom. The molecule has 0 amide bonds. The highest BCUT2D eigenvalue weighted by molar-refractivity contribution is 4.67. The highest BCUT2D eigenvalue weighted by atomic mass is 16.5. The molecular formula is C11H24N2O. The molecular weight excluding hydrogens is 176 g/mol. The smallest absolute Gasteiger partial charge is 0.0507 e. The van der Waals surface area contributed by atoms with Gasteiger partial charge in [0.2, 0.25) is 0 Å². The summed E-state index contributed by atoms with van der Waals surface area (Å²) in [6.07, 6.45) is 2.48. The lowest BCUT2D eigenvalue weighted by molar-refractivity contribution is 0.185. The number of likely N-dealkylation sites (N-methyl/N-ethyl adjacent to an activating group) is 1. The first kappa shape index (κ1) is 12.0. The van der Waals surface area contributed by atoms with Crippen LogP contribution in [-0.4, -0.2) is 51.3 Å². The molecule has 0 aliphatic carbocycles. The molecule has 0 aromatic rings. The molecule has 1 unspecified atom stereocenters. The summed E-state index contributed by atoms with van der Waals surface area (Å²) in [7, 11) is 2.18. The van der Waals surface area contributed by atoms with Gasteiger partial charge in [0.15, 0.2) is 0 Å². The standard InChI is InChI=1S/C11H24N2O/c1-3-6-13(2)7-5-12-9-11-4-8-14-10-11/h11-12H,3-10H2,1-2H3. The first-order valence-electron chi connectivity index (χ1n) is 5.80. The van der Waals surface area contributed by atoms with Crippen molar-refractivity contribution in [1.29, 1.82) is 0 Å². The van der Waals surface area contributed by atoms with E-state index in [1.54, 1.807) is 0 Å². The van der Waals surface area contributed by atoms with Crippen molar-refractivity contribution in [2.24, 2.45) is 5.92 Å². The van der Waals surface area contributed by atoms with Crippen LogP contribution in [0.1, 0.15) is 19.8 Å². The van der Waals surface area contributed by atoms with E-state index in [-0.39, 0.29) is 0 Å². The first-order valence-corrected chi connectivity index (χ1v) is 5.80. The van der Waals surface area contributed by atoms with Crippen molar-refractivity contribution in [2.45, 2.75) is 19.8 Å². The normalized spacial score (nSPS) is 22.1. The molecule has 1 fully saturated rings. The van der Waals surface area contributed by atoms with Crippen molar-refractivity contribution in [3.63, 3.8) is 0 Å². The lowest BCUT2D eigenvalue weighted by Gasteiger charge is -2.16. The molecule has 0 aromatic carbocycles. The van der Waals surface area contributed by atoms with E-state index in [0.717, 1.165) is 38.8 Å². The van der Waals surface area contributed by atoms with Gasteiger partial charge in [0.25, 0.3) is 0 Å². The fraction of sp³-hybridized carbons (Fsp3) is 1.00. The quantitative estimate of drug-likeness (QED) is 0.619. The van der Waals surface area contributed by atoms with Crippen LogP contribution in [0, 0.1) is 5.92 Å². The molecule has 3 nitrogen and oxygen atoms in total. The predicted molar refractivity (Wildman–Crippen MR) is 59.6 cm³/mol. The summed E-state index contributed by atoms with van der Waals surface area (Å²) >= 11 is 0. The third-order valence-electron chi connectivity index (χ3n) is 2.73. The molecule has 0 radical (unpaired) electrons. The van der Waals surface area contributed by atoms with Gasteiger partial charge in [-0.2, -0.15) is 0 Å². The van der Waals surface area contributed by atoms with Gasteiger partial charge in [-0.05, 0) is 32.4 Å². The van der Waals surface area contributed by atoms with Crippen LogP contribution in [0.5, 0.6) is 0 Å². The van der Waals surface area contributed by atoms with Crippen molar-refractivity contribution in [2.75, 3.05) is 46.4 Å². The second kappa shape index (κ2) is 7.21. The van der Waals surface area contributed by atoms with Gasteiger partial charge in [0, 0.05) is 26.2 Å². The van der Waals surface area contributed by atoms with E-state index in [9.17, 15) is 0 Å². The SMILES string of the molecule is CCCN(C)CCNCC1CCOC1. The molecule has 1 aliphatic rings. The fourth-order valence-corrected chi connectivity index (χ4v) is 1.81. The Bertz CT molecular complexity index is 135. The van der Waals surface area contributed by atoms with Crippen LogP contribution in [0.3, 0.4) is 0 Å². The molecule has 1 heterocycles. The highest BCUT2D eigenvalue weighted by Gasteiger charge is 2.14. The van der Waals surface area contributed by atoms with Crippen LogP contribution in [0.4, 0.5) is 0 Å². The van der Waals surface area contributed by atoms with Crippen molar-refractivity contribution < 1.29 is 4.74 Å². The maximum absolute atomic E-state index is 5.32.